The number of fused-ring (bicyclic) bond motifs is 5. The maximum Gasteiger partial charge on any atom is 0.192 e. The Balaban J connectivity index is 1.52. The molecule has 0 aromatic carbocycles. The van der Waals surface area contributed by atoms with E-state index in [4.69, 9.17) is 4.43 Å². The Labute approximate surface area is 193 Å². The topological polar surface area (TPSA) is 29.5 Å². The van der Waals surface area contributed by atoms with Gasteiger partial charge in [-0.25, -0.2) is 0 Å². The predicted octanol–water partition coefficient (Wildman–Crippen LogP) is 7.58. The Morgan fingerprint density at radius 3 is 2.45 bits per heavy atom. The first-order chi connectivity index (χ1) is 14.3. The van der Waals surface area contributed by atoms with E-state index in [9.17, 15) is 5.11 Å². The molecule has 0 bridgehead atoms. The monoisotopic (exact) mass is 446 g/mol. The summed E-state index contributed by atoms with van der Waals surface area (Å²) in [5.41, 5.74) is 2.59. The van der Waals surface area contributed by atoms with Crippen molar-refractivity contribution < 1.29 is 9.53 Å². The van der Waals surface area contributed by atoms with Crippen LogP contribution in [0.4, 0.5) is 0 Å². The van der Waals surface area contributed by atoms with E-state index < -0.39 is 8.32 Å². The molecule has 0 radical (unpaired) electrons. The molecular formula is C28H50O2Si. The Morgan fingerprint density at radius 2 is 1.81 bits per heavy atom. The summed E-state index contributed by atoms with van der Waals surface area (Å²) in [6, 6.07) is 0. The lowest BCUT2D eigenvalue weighted by molar-refractivity contribution is -0.0591. The summed E-state index contributed by atoms with van der Waals surface area (Å²) in [5.74, 6) is 3.76. The number of hydrogen-bond acceptors (Lipinski definition) is 2. The van der Waals surface area contributed by atoms with Gasteiger partial charge in [0.1, 0.15) is 0 Å². The van der Waals surface area contributed by atoms with Crippen LogP contribution in [0.3, 0.4) is 0 Å². The van der Waals surface area contributed by atoms with Crippen molar-refractivity contribution in [2.24, 2.45) is 40.4 Å². The van der Waals surface area contributed by atoms with Crippen LogP contribution in [-0.4, -0.2) is 26.1 Å². The van der Waals surface area contributed by atoms with E-state index in [1.54, 1.807) is 5.57 Å². The summed E-state index contributed by atoms with van der Waals surface area (Å²) < 4.78 is 6.89. The normalized spacial score (nSPS) is 44.2. The highest BCUT2D eigenvalue weighted by molar-refractivity contribution is 6.74. The quantitative estimate of drug-likeness (QED) is 0.356. The van der Waals surface area contributed by atoms with Crippen LogP contribution < -0.4 is 0 Å². The number of hydrogen-bond donors (Lipinski definition) is 1. The third kappa shape index (κ3) is 3.83. The number of aliphatic hydroxyl groups excluding tert-OH is 1. The molecule has 0 aromatic heterocycles. The first kappa shape index (κ1) is 24.0. The van der Waals surface area contributed by atoms with Crippen molar-refractivity contribution in [3.8, 4) is 0 Å². The van der Waals surface area contributed by atoms with Crippen molar-refractivity contribution in [3.05, 3.63) is 11.6 Å². The zero-order valence-electron chi connectivity index (χ0n) is 21.8. The predicted molar refractivity (Wildman–Crippen MR) is 134 cm³/mol. The molecule has 0 heterocycles. The molecule has 31 heavy (non-hydrogen) atoms. The van der Waals surface area contributed by atoms with Crippen molar-refractivity contribution in [2.45, 2.75) is 117 Å². The highest BCUT2D eigenvalue weighted by Crippen LogP contribution is 2.67. The van der Waals surface area contributed by atoms with Crippen LogP contribution in [0.2, 0.25) is 18.1 Å². The zero-order valence-corrected chi connectivity index (χ0v) is 22.8. The van der Waals surface area contributed by atoms with Crippen molar-refractivity contribution >= 4 is 8.32 Å². The van der Waals surface area contributed by atoms with E-state index in [1.165, 1.54) is 51.4 Å². The van der Waals surface area contributed by atoms with Gasteiger partial charge in [-0.3, -0.25) is 0 Å². The van der Waals surface area contributed by atoms with Gasteiger partial charge in [-0.1, -0.05) is 53.2 Å². The number of aliphatic hydroxyl groups is 1. The zero-order chi connectivity index (χ0) is 22.8. The molecule has 1 N–H and O–H groups in total. The van der Waals surface area contributed by atoms with Gasteiger partial charge in [0.05, 0.1) is 0 Å². The van der Waals surface area contributed by atoms with Crippen molar-refractivity contribution in [1.82, 2.24) is 0 Å². The number of rotatable bonds is 4. The van der Waals surface area contributed by atoms with Gasteiger partial charge in [-0.05, 0) is 110 Å². The second-order valence-electron chi connectivity index (χ2n) is 13.9. The molecule has 2 unspecified atom stereocenters. The first-order valence-electron chi connectivity index (χ1n) is 13.3. The fourth-order valence-corrected chi connectivity index (χ4v) is 9.81. The molecule has 3 fully saturated rings. The molecule has 3 heteroatoms. The van der Waals surface area contributed by atoms with Gasteiger partial charge in [0.25, 0.3) is 0 Å². The van der Waals surface area contributed by atoms with Crippen LogP contribution in [0.1, 0.15) is 92.9 Å². The summed E-state index contributed by atoms with van der Waals surface area (Å²) >= 11 is 0. The van der Waals surface area contributed by atoms with Gasteiger partial charge in [0, 0.05) is 12.7 Å². The molecule has 0 aromatic rings. The summed E-state index contributed by atoms with van der Waals surface area (Å²) in [7, 11) is -1.71. The molecule has 4 aliphatic carbocycles. The van der Waals surface area contributed by atoms with Crippen LogP contribution in [0.5, 0.6) is 0 Å². The van der Waals surface area contributed by atoms with Crippen molar-refractivity contribution in [3.63, 3.8) is 0 Å². The standard InChI is InChI=1S/C28H50O2Si/c1-19(18-29)23-11-12-24-22-10-9-20-17-21(30-31(7,8)26(2,3)4)13-15-27(20,5)25(22)14-16-28(23,24)6/h9,19,21-25,29H,10-18H2,1-8H3/t19?,21?,22-,23+,24-,25-,27-,28+/m0/s1. The second kappa shape index (κ2) is 7.98. The lowest BCUT2D eigenvalue weighted by Gasteiger charge is -2.59. The molecule has 3 saturated carbocycles. The summed E-state index contributed by atoms with van der Waals surface area (Å²) in [4.78, 5) is 0. The molecule has 2 nitrogen and oxygen atoms in total. The van der Waals surface area contributed by atoms with Crippen LogP contribution in [0.15, 0.2) is 11.6 Å². The van der Waals surface area contributed by atoms with E-state index in [2.05, 4.69) is 60.7 Å². The Morgan fingerprint density at radius 1 is 1.10 bits per heavy atom. The first-order valence-corrected chi connectivity index (χ1v) is 16.2. The largest absolute Gasteiger partial charge is 0.414 e. The molecule has 4 rings (SSSR count). The number of allylic oxidation sites excluding steroid dienone is 1. The molecule has 0 spiro atoms. The van der Waals surface area contributed by atoms with E-state index in [0.29, 0.717) is 34.5 Å². The van der Waals surface area contributed by atoms with Crippen LogP contribution in [0, 0.1) is 40.4 Å². The minimum Gasteiger partial charge on any atom is -0.414 e. The molecule has 4 aliphatic rings. The molecule has 178 valence electrons. The van der Waals surface area contributed by atoms with Gasteiger partial charge in [-0.2, -0.15) is 0 Å². The fraction of sp³-hybridized carbons (Fsp3) is 0.929. The van der Waals surface area contributed by atoms with E-state index in [0.717, 1.165) is 23.7 Å². The smallest absolute Gasteiger partial charge is 0.192 e. The average molecular weight is 447 g/mol. The van der Waals surface area contributed by atoms with Crippen LogP contribution in [-0.2, 0) is 4.43 Å². The molecule has 0 amide bonds. The lowest BCUT2D eigenvalue weighted by Crippen LogP contribution is -2.52. The van der Waals surface area contributed by atoms with Gasteiger partial charge >= 0.3 is 0 Å². The van der Waals surface area contributed by atoms with Gasteiger partial charge in [0.15, 0.2) is 8.32 Å². The SMILES string of the molecule is CC(CO)[C@H]1CC[C@H]2[C@@H]3CC=C4CC(O[Si](C)(C)C(C)(C)C)CC[C@]4(C)[C@H]3CC[C@]12C. The summed E-state index contributed by atoms with van der Waals surface area (Å²) in [6.45, 7) is 19.8. The van der Waals surface area contributed by atoms with Crippen LogP contribution in [0.25, 0.3) is 0 Å². The maximum absolute atomic E-state index is 9.86. The molecule has 8 atom stereocenters. The summed E-state index contributed by atoms with van der Waals surface area (Å²) in [6.07, 6.45) is 13.7. The Kier molecular flexibility index (Phi) is 6.18. The highest BCUT2D eigenvalue weighted by atomic mass is 28.4. The van der Waals surface area contributed by atoms with Gasteiger partial charge < -0.3 is 9.53 Å². The van der Waals surface area contributed by atoms with Gasteiger partial charge in [-0.15, -0.1) is 0 Å². The minimum atomic E-state index is -1.71. The summed E-state index contributed by atoms with van der Waals surface area (Å²) in [5, 5.41) is 10.2. The van der Waals surface area contributed by atoms with Crippen molar-refractivity contribution in [2.75, 3.05) is 6.61 Å². The van der Waals surface area contributed by atoms with E-state index in [-0.39, 0.29) is 0 Å². The van der Waals surface area contributed by atoms with Crippen LogP contribution >= 0.6 is 0 Å². The molecule has 0 aliphatic heterocycles. The van der Waals surface area contributed by atoms with E-state index >= 15 is 0 Å². The lowest BCUT2D eigenvalue weighted by atomic mass is 9.47. The fourth-order valence-electron chi connectivity index (χ4n) is 8.42. The molecule has 0 saturated heterocycles. The Bertz CT molecular complexity index is 706. The van der Waals surface area contributed by atoms with Crippen molar-refractivity contribution in [1.29, 1.82) is 0 Å². The highest BCUT2D eigenvalue weighted by Gasteiger charge is 2.59. The Hall–Kier alpha value is -0.123. The third-order valence-corrected chi connectivity index (χ3v) is 15.9. The average Bonchev–Trinajstić information content (AvgIpc) is 3.04. The van der Waals surface area contributed by atoms with Gasteiger partial charge in [0.2, 0.25) is 0 Å². The molecular weight excluding hydrogens is 396 g/mol. The second-order valence-corrected chi connectivity index (χ2v) is 18.6. The maximum atomic E-state index is 9.86. The minimum absolute atomic E-state index is 0.290. The third-order valence-electron chi connectivity index (χ3n) is 11.4. The van der Waals surface area contributed by atoms with E-state index in [1.807, 2.05) is 0 Å².